The minimum atomic E-state index is -0.456. The lowest BCUT2D eigenvalue weighted by molar-refractivity contribution is 0.0811. The first-order valence-corrected chi connectivity index (χ1v) is 14.8. The van der Waals surface area contributed by atoms with Gasteiger partial charge < -0.3 is 31.1 Å². The predicted octanol–water partition coefficient (Wildman–Crippen LogP) is 2.57. The maximum Gasteiger partial charge on any atom is 0.340 e. The predicted molar refractivity (Wildman–Crippen MR) is 145 cm³/mol. The molecule has 4 amide bonds. The third-order valence-corrected chi connectivity index (χ3v) is 8.66. The van der Waals surface area contributed by atoms with Crippen LogP contribution in [0.5, 0.6) is 0 Å². The van der Waals surface area contributed by atoms with E-state index in [0.717, 1.165) is 35.7 Å². The van der Waals surface area contributed by atoms with E-state index < -0.39 is 12.1 Å². The average Bonchev–Trinajstić information content (AvgIpc) is 2.94. The molecule has 0 aromatic carbocycles. The summed E-state index contributed by atoms with van der Waals surface area (Å²) in [5, 5.41) is 51.1. The smallest absolute Gasteiger partial charge is 0.340 e. The van der Waals surface area contributed by atoms with Crippen LogP contribution in [-0.2, 0) is 0 Å². The fourth-order valence-corrected chi connectivity index (χ4v) is 6.07. The third kappa shape index (κ3) is 9.89. The van der Waals surface area contributed by atoms with Gasteiger partial charge >= 0.3 is 12.1 Å². The number of carbonyl (C=O) groups is 2. The Morgan fingerprint density at radius 1 is 0.475 bits per heavy atom. The molecule has 0 bridgehead atoms. The van der Waals surface area contributed by atoms with Crippen molar-refractivity contribution in [1.29, 1.82) is 0 Å². The van der Waals surface area contributed by atoms with Crippen molar-refractivity contribution in [3.8, 4) is 0 Å². The van der Waals surface area contributed by atoms with Gasteiger partial charge in [-0.1, -0.05) is 0 Å². The number of hydrogen-bond donors (Lipinski definition) is 6. The minimum Gasteiger partial charge on any atom is -0.393 e. The first kappa shape index (κ1) is 32.1. The lowest BCUT2D eigenvalue weighted by Crippen LogP contribution is -2.48. The van der Waals surface area contributed by atoms with Gasteiger partial charge in [0.1, 0.15) is 0 Å². The number of rotatable bonds is 6. The highest BCUT2D eigenvalue weighted by atomic mass is 16.3. The molecule has 14 nitrogen and oxygen atoms in total. The molecule has 4 aliphatic carbocycles. The molecule has 228 valence electrons. The van der Waals surface area contributed by atoms with Crippen LogP contribution < -0.4 is 10.6 Å². The fraction of sp³-hybridized carbons (Fsp3) is 0.923. The summed E-state index contributed by atoms with van der Waals surface area (Å²) >= 11 is 0. The Hall–Kier alpha value is -2.42. The number of hydrogen-bond acceptors (Lipinski definition) is 10. The molecule has 0 aromatic heterocycles. The zero-order chi connectivity index (χ0) is 29.1. The van der Waals surface area contributed by atoms with E-state index in [1.54, 1.807) is 0 Å². The van der Waals surface area contributed by atoms with Crippen LogP contribution in [0, 0.1) is 9.81 Å². The fourth-order valence-electron chi connectivity index (χ4n) is 6.07. The van der Waals surface area contributed by atoms with E-state index in [1.165, 1.54) is 0 Å². The highest BCUT2D eigenvalue weighted by Gasteiger charge is 2.32. The number of nitroso groups, excluding NO2 is 2. The Kier molecular flexibility index (Phi) is 12.9. The maximum absolute atomic E-state index is 12.1. The average molecular weight is 571 g/mol. The van der Waals surface area contributed by atoms with Gasteiger partial charge in [0.05, 0.1) is 47.1 Å². The molecule has 0 unspecified atom stereocenters. The molecule has 4 aliphatic rings. The Balaban J connectivity index is 0.000000220. The molecule has 0 aromatic rings. The second kappa shape index (κ2) is 16.1. The summed E-state index contributed by atoms with van der Waals surface area (Å²) in [6, 6.07) is -1.34. The number of nitrogens with one attached hydrogen (secondary N) is 2. The third-order valence-electron chi connectivity index (χ3n) is 8.66. The summed E-state index contributed by atoms with van der Waals surface area (Å²) in [6.45, 7) is 0. The van der Waals surface area contributed by atoms with Crippen LogP contribution in [0.2, 0.25) is 0 Å². The van der Waals surface area contributed by atoms with Gasteiger partial charge in [-0.3, -0.25) is 0 Å². The quantitative estimate of drug-likeness (QED) is 0.206. The summed E-state index contributed by atoms with van der Waals surface area (Å²) in [5.41, 5.74) is 0. The highest BCUT2D eigenvalue weighted by molar-refractivity contribution is 5.75. The van der Waals surface area contributed by atoms with Gasteiger partial charge in [0.2, 0.25) is 0 Å². The summed E-state index contributed by atoms with van der Waals surface area (Å²) in [6.07, 6.45) is 9.18. The van der Waals surface area contributed by atoms with Crippen molar-refractivity contribution >= 4 is 12.1 Å². The number of amides is 4. The monoisotopic (exact) mass is 570 g/mol. The summed E-state index contributed by atoms with van der Waals surface area (Å²) in [7, 11) is 0. The molecule has 4 saturated carbocycles. The molecule has 0 saturated heterocycles. The van der Waals surface area contributed by atoms with Crippen molar-refractivity contribution in [3.63, 3.8) is 0 Å². The van der Waals surface area contributed by atoms with E-state index >= 15 is 0 Å². The zero-order valence-electron chi connectivity index (χ0n) is 23.1. The molecule has 6 N–H and O–H groups in total. The van der Waals surface area contributed by atoms with Gasteiger partial charge in [-0.25, -0.2) is 9.59 Å². The largest absolute Gasteiger partial charge is 0.393 e. The molecule has 14 heteroatoms. The Morgan fingerprint density at radius 3 is 0.975 bits per heavy atom. The standard InChI is InChI=1S/2C13H23N3O4/c2*17-11-5-1-9(2-6-11)14-13(19)16(15-20)10-3-7-12(18)8-4-10/h2*9-12,17-18H,1-8H2,(H,14,19)/t2*9-,10-,11-,12-. The number of aliphatic hydroxyl groups is 4. The molecule has 4 rings (SSSR count). The van der Waals surface area contributed by atoms with Crippen molar-refractivity contribution in [2.24, 2.45) is 10.6 Å². The van der Waals surface area contributed by atoms with Crippen LogP contribution in [0.4, 0.5) is 9.59 Å². The Labute approximate surface area is 234 Å². The molecule has 0 aliphatic heterocycles. The lowest BCUT2D eigenvalue weighted by Gasteiger charge is -2.32. The van der Waals surface area contributed by atoms with Crippen LogP contribution in [0.3, 0.4) is 0 Å². The second-order valence-corrected chi connectivity index (χ2v) is 11.7. The van der Waals surface area contributed by atoms with E-state index in [0.29, 0.717) is 77.0 Å². The van der Waals surface area contributed by atoms with Crippen molar-refractivity contribution < 1.29 is 30.0 Å². The molecule has 4 fully saturated rings. The first-order chi connectivity index (χ1) is 19.2. The van der Waals surface area contributed by atoms with Gasteiger partial charge in [-0.15, -0.1) is 9.81 Å². The summed E-state index contributed by atoms with van der Waals surface area (Å²) < 4.78 is 0. The number of urea groups is 2. The molecule has 0 radical (unpaired) electrons. The van der Waals surface area contributed by atoms with Crippen LogP contribution in [-0.4, -0.2) is 91.1 Å². The van der Waals surface area contributed by atoms with Gasteiger partial charge in [0.15, 0.2) is 0 Å². The molecular weight excluding hydrogens is 524 g/mol. The van der Waals surface area contributed by atoms with Crippen molar-refractivity contribution in [1.82, 2.24) is 20.7 Å². The topological polar surface area (TPSA) is 204 Å². The van der Waals surface area contributed by atoms with Crippen molar-refractivity contribution in [2.75, 3.05) is 0 Å². The SMILES string of the molecule is O=NN(C(=O)N[C@H]1CC[C@H](O)CC1)[C@H]1CC[C@H](O)CC1.O=NN(C(=O)N[C@H]1CC[C@H](O)CC1)[C@H]1CC[C@H](O)CC1. The van der Waals surface area contributed by atoms with Crippen LogP contribution >= 0.6 is 0 Å². The van der Waals surface area contributed by atoms with E-state index in [-0.39, 0.29) is 48.6 Å². The lowest BCUT2D eigenvalue weighted by atomic mass is 9.92. The molecule has 0 spiro atoms. The normalized spacial score (nSPS) is 34.3. The molecule has 0 heterocycles. The second-order valence-electron chi connectivity index (χ2n) is 11.7. The Bertz CT molecular complexity index is 739. The number of carbonyl (C=O) groups excluding carboxylic acids is 2. The van der Waals surface area contributed by atoms with Gasteiger partial charge in [-0.2, -0.15) is 10.0 Å². The van der Waals surface area contributed by atoms with E-state index in [1.807, 2.05) is 0 Å². The molecule has 0 atom stereocenters. The number of nitrogens with zero attached hydrogens (tertiary/aromatic N) is 4. The van der Waals surface area contributed by atoms with Gasteiger partial charge in [-0.05, 0) is 103 Å². The van der Waals surface area contributed by atoms with Crippen molar-refractivity contribution in [2.45, 2.75) is 151 Å². The molecular formula is C26H46N6O8. The Morgan fingerprint density at radius 2 is 0.725 bits per heavy atom. The van der Waals surface area contributed by atoms with E-state index in [9.17, 15) is 39.8 Å². The zero-order valence-corrected chi connectivity index (χ0v) is 23.1. The van der Waals surface area contributed by atoms with Crippen LogP contribution in [0.1, 0.15) is 103 Å². The summed E-state index contributed by atoms with van der Waals surface area (Å²) in [5.74, 6) is 0. The number of aliphatic hydroxyl groups excluding tert-OH is 4. The van der Waals surface area contributed by atoms with Crippen molar-refractivity contribution in [3.05, 3.63) is 9.81 Å². The van der Waals surface area contributed by atoms with E-state index in [4.69, 9.17) is 0 Å². The summed E-state index contributed by atoms with van der Waals surface area (Å²) in [4.78, 5) is 46.1. The maximum atomic E-state index is 12.1. The van der Waals surface area contributed by atoms with Crippen LogP contribution in [0.25, 0.3) is 0 Å². The highest BCUT2D eigenvalue weighted by Crippen LogP contribution is 2.26. The van der Waals surface area contributed by atoms with Crippen LogP contribution in [0.15, 0.2) is 10.6 Å². The molecule has 40 heavy (non-hydrogen) atoms. The van der Waals surface area contributed by atoms with Gasteiger partial charge in [0, 0.05) is 12.1 Å². The minimum absolute atomic E-state index is 0.00401. The van der Waals surface area contributed by atoms with Gasteiger partial charge in [0.25, 0.3) is 0 Å². The first-order valence-electron chi connectivity index (χ1n) is 14.8. The van der Waals surface area contributed by atoms with E-state index in [2.05, 4.69) is 21.2 Å².